The van der Waals surface area contributed by atoms with E-state index in [9.17, 15) is 4.79 Å². The average Bonchev–Trinajstić information content (AvgIpc) is 3.64. The first kappa shape index (κ1) is 24.6. The number of carbonyl (C=O) groups excluding carboxylic acids is 1. The number of carbonyl (C=O) groups is 1. The second kappa shape index (κ2) is 11.3. The lowest BCUT2D eigenvalue weighted by atomic mass is 10.0. The van der Waals surface area contributed by atoms with Gasteiger partial charge in [0.25, 0.3) is 5.91 Å². The largest absolute Gasteiger partial charge is 0.493 e. The fourth-order valence-electron chi connectivity index (χ4n) is 4.61. The van der Waals surface area contributed by atoms with Gasteiger partial charge in [0.15, 0.2) is 11.5 Å². The van der Waals surface area contributed by atoms with Gasteiger partial charge in [0.1, 0.15) is 0 Å². The van der Waals surface area contributed by atoms with Crippen molar-refractivity contribution in [1.82, 2.24) is 4.90 Å². The zero-order chi connectivity index (χ0) is 24.2. The van der Waals surface area contributed by atoms with Crippen LogP contribution in [0.2, 0.25) is 0 Å². The van der Waals surface area contributed by atoms with Gasteiger partial charge < -0.3 is 19.7 Å². The average molecular weight is 558 g/mol. The summed E-state index contributed by atoms with van der Waals surface area (Å²) < 4.78 is 11.6. The number of thioether (sulfide) groups is 1. The maximum absolute atomic E-state index is 13.6. The predicted octanol–water partition coefficient (Wildman–Crippen LogP) is 6.82. The number of nitrogens with zero attached hydrogens (tertiary/aromatic N) is 1. The van der Waals surface area contributed by atoms with Crippen LogP contribution in [0.5, 0.6) is 11.5 Å². The lowest BCUT2D eigenvalue weighted by Gasteiger charge is -2.20. The zero-order valence-electron chi connectivity index (χ0n) is 20.2. The number of amides is 1. The summed E-state index contributed by atoms with van der Waals surface area (Å²) in [7, 11) is 1.62. The minimum Gasteiger partial charge on any atom is -0.493 e. The van der Waals surface area contributed by atoms with E-state index in [0.29, 0.717) is 30.2 Å². The fraction of sp³-hybridized carbons (Fsp3) is 0.464. The normalized spacial score (nSPS) is 18.9. The first-order valence-corrected chi connectivity index (χ1v) is 14.7. The number of rotatable bonds is 11. The second-order valence-corrected chi connectivity index (χ2v) is 11.4. The van der Waals surface area contributed by atoms with E-state index in [4.69, 9.17) is 9.47 Å². The molecule has 1 amide bonds. The third-order valence-corrected chi connectivity index (χ3v) is 8.69. The van der Waals surface area contributed by atoms with Gasteiger partial charge in [-0.1, -0.05) is 28.1 Å². The van der Waals surface area contributed by atoms with Gasteiger partial charge >= 0.3 is 0 Å². The lowest BCUT2D eigenvalue weighted by Crippen LogP contribution is -2.34. The zero-order valence-corrected chi connectivity index (χ0v) is 22.6. The van der Waals surface area contributed by atoms with Gasteiger partial charge in [-0.15, -0.1) is 11.8 Å². The van der Waals surface area contributed by atoms with Gasteiger partial charge in [0.2, 0.25) is 0 Å². The molecule has 35 heavy (non-hydrogen) atoms. The van der Waals surface area contributed by atoms with Crippen molar-refractivity contribution in [2.75, 3.05) is 36.7 Å². The summed E-state index contributed by atoms with van der Waals surface area (Å²) in [6.07, 6.45) is 8.89. The Morgan fingerprint density at radius 2 is 1.94 bits per heavy atom. The fourth-order valence-corrected chi connectivity index (χ4v) is 6.09. The number of nitrogens with one attached hydrogen (secondary N) is 1. The summed E-state index contributed by atoms with van der Waals surface area (Å²) in [5.74, 6) is 3.43. The van der Waals surface area contributed by atoms with Crippen LogP contribution in [0, 0.1) is 5.92 Å². The molecule has 2 aromatic rings. The first-order valence-electron chi connectivity index (χ1n) is 12.6. The highest BCUT2D eigenvalue weighted by molar-refractivity contribution is 9.09. The molecule has 0 saturated heterocycles. The summed E-state index contributed by atoms with van der Waals surface area (Å²) in [5, 5.41) is 4.52. The van der Waals surface area contributed by atoms with Crippen molar-refractivity contribution in [2.24, 2.45) is 5.92 Å². The number of benzene rings is 2. The number of anilines is 1. The van der Waals surface area contributed by atoms with Gasteiger partial charge in [-0.2, -0.15) is 0 Å². The summed E-state index contributed by atoms with van der Waals surface area (Å²) in [6, 6.07) is 12.7. The Labute approximate surface area is 220 Å². The first-order chi connectivity index (χ1) is 17.2. The molecule has 2 heterocycles. The van der Waals surface area contributed by atoms with Crippen LogP contribution in [0.4, 0.5) is 5.69 Å². The van der Waals surface area contributed by atoms with E-state index < -0.39 is 0 Å². The van der Waals surface area contributed by atoms with Crippen molar-refractivity contribution in [2.45, 2.75) is 49.5 Å². The van der Waals surface area contributed by atoms with Crippen LogP contribution in [0.15, 0.2) is 47.5 Å². The molecule has 1 fully saturated rings. The molecule has 5 nitrogen and oxygen atoms in total. The van der Waals surface area contributed by atoms with Crippen molar-refractivity contribution in [3.63, 3.8) is 0 Å². The summed E-state index contributed by atoms with van der Waals surface area (Å²) >= 11 is 5.42. The van der Waals surface area contributed by atoms with Crippen LogP contribution >= 0.6 is 27.7 Å². The number of methoxy groups -OCH3 is 1. The molecule has 2 aliphatic heterocycles. The van der Waals surface area contributed by atoms with Gasteiger partial charge in [-0.3, -0.25) is 4.79 Å². The van der Waals surface area contributed by atoms with Crippen LogP contribution in [0.3, 0.4) is 0 Å². The third kappa shape index (κ3) is 5.83. The molecule has 186 valence electrons. The third-order valence-electron chi connectivity index (χ3n) is 6.88. The molecule has 1 N–H and O–H groups in total. The van der Waals surface area contributed by atoms with Crippen LogP contribution in [-0.2, 0) is 0 Å². The molecule has 1 aliphatic carbocycles. The van der Waals surface area contributed by atoms with E-state index in [-0.39, 0.29) is 11.9 Å². The highest BCUT2D eigenvalue weighted by Gasteiger charge is 2.34. The van der Waals surface area contributed by atoms with E-state index in [1.807, 2.05) is 35.0 Å². The van der Waals surface area contributed by atoms with E-state index in [1.165, 1.54) is 34.6 Å². The summed E-state index contributed by atoms with van der Waals surface area (Å²) in [5.41, 5.74) is 3.85. The molecule has 0 aromatic heterocycles. The van der Waals surface area contributed by atoms with E-state index in [1.54, 1.807) is 7.11 Å². The van der Waals surface area contributed by atoms with Crippen molar-refractivity contribution in [3.8, 4) is 11.5 Å². The van der Waals surface area contributed by atoms with Crippen LogP contribution < -0.4 is 14.8 Å². The molecule has 1 saturated carbocycles. The van der Waals surface area contributed by atoms with E-state index >= 15 is 0 Å². The molecule has 2 aromatic carbocycles. The number of hydrogen-bond acceptors (Lipinski definition) is 5. The Kier molecular flexibility index (Phi) is 7.93. The number of alkyl halides is 1. The van der Waals surface area contributed by atoms with E-state index in [2.05, 4.69) is 45.5 Å². The van der Waals surface area contributed by atoms with Crippen molar-refractivity contribution in [3.05, 3.63) is 53.7 Å². The number of halogens is 1. The summed E-state index contributed by atoms with van der Waals surface area (Å²) in [4.78, 5) is 16.8. The Morgan fingerprint density at radius 3 is 2.69 bits per heavy atom. The molecule has 5 rings (SSSR count). The van der Waals surface area contributed by atoms with Crippen molar-refractivity contribution >= 4 is 44.9 Å². The topological polar surface area (TPSA) is 50.8 Å². The molecular formula is C28H33BrN2O3S. The van der Waals surface area contributed by atoms with Gasteiger partial charge in [-0.05, 0) is 73.8 Å². The standard InChI is InChI=1S/C28H33BrN2O3S/c1-33-26-14-24-25(15-27(26)34-12-4-2-3-11-29)30-16-22-13-21(17-31(22)28(24)32)20-7-9-23(10-8-20)35-18-19-5-6-19/h7-10,14-15,17,19,22,30H,2-6,11-13,16,18H2,1H3/t22-/m0/s1. The quantitative estimate of drug-likeness (QED) is 0.187. The van der Waals surface area contributed by atoms with Crippen molar-refractivity contribution < 1.29 is 14.3 Å². The molecule has 0 bridgehead atoms. The monoisotopic (exact) mass is 556 g/mol. The molecule has 0 unspecified atom stereocenters. The number of ether oxygens (including phenoxy) is 2. The molecular weight excluding hydrogens is 524 g/mol. The smallest absolute Gasteiger partial charge is 0.260 e. The lowest BCUT2D eigenvalue weighted by molar-refractivity contribution is 0.0796. The Bertz CT molecular complexity index is 1080. The molecule has 0 radical (unpaired) electrons. The van der Waals surface area contributed by atoms with E-state index in [0.717, 1.165) is 42.6 Å². The number of unbranched alkanes of at least 4 members (excludes halogenated alkanes) is 2. The number of hydrogen-bond donors (Lipinski definition) is 1. The summed E-state index contributed by atoms with van der Waals surface area (Å²) in [6.45, 7) is 1.33. The molecule has 3 aliphatic rings. The molecule has 7 heteroatoms. The van der Waals surface area contributed by atoms with Crippen LogP contribution in [0.1, 0.15) is 54.4 Å². The Balaban J connectivity index is 1.29. The number of fused-ring (bicyclic) bond motifs is 2. The molecule has 0 spiro atoms. The van der Waals surface area contributed by atoms with Gasteiger partial charge in [-0.25, -0.2) is 0 Å². The van der Waals surface area contributed by atoms with Gasteiger partial charge in [0.05, 0.1) is 31.0 Å². The Morgan fingerprint density at radius 1 is 1.11 bits per heavy atom. The highest BCUT2D eigenvalue weighted by atomic mass is 79.9. The SMILES string of the molecule is COc1cc2c(cc1OCCCCCBr)NC[C@@H]1CC(c3ccc(SCC4CC4)cc3)=CN1C2=O. The van der Waals surface area contributed by atoms with Crippen LogP contribution in [0.25, 0.3) is 5.57 Å². The minimum atomic E-state index is 0.00350. The minimum absolute atomic E-state index is 0.00350. The maximum atomic E-state index is 13.6. The Hall–Kier alpha value is -2.12. The maximum Gasteiger partial charge on any atom is 0.260 e. The van der Waals surface area contributed by atoms with Gasteiger partial charge in [0, 0.05) is 34.8 Å². The highest BCUT2D eigenvalue weighted by Crippen LogP contribution is 2.40. The molecule has 1 atom stereocenters. The predicted molar refractivity (Wildman–Crippen MR) is 147 cm³/mol. The second-order valence-electron chi connectivity index (χ2n) is 9.53. The van der Waals surface area contributed by atoms with Crippen LogP contribution in [-0.4, -0.2) is 48.2 Å². The van der Waals surface area contributed by atoms with Crippen molar-refractivity contribution in [1.29, 1.82) is 0 Å².